The van der Waals surface area contributed by atoms with Crippen LogP contribution < -0.4 is 14.8 Å². The third-order valence-electron chi connectivity index (χ3n) is 4.00. The van der Waals surface area contributed by atoms with Crippen molar-refractivity contribution in [2.45, 2.75) is 38.3 Å². The summed E-state index contributed by atoms with van der Waals surface area (Å²) in [6.45, 7) is 0.268. The van der Waals surface area contributed by atoms with E-state index >= 15 is 0 Å². The summed E-state index contributed by atoms with van der Waals surface area (Å²) in [5.74, 6) is 2.23. The second-order valence-corrected chi connectivity index (χ2v) is 5.69. The van der Waals surface area contributed by atoms with Gasteiger partial charge in [-0.15, -0.1) is 0 Å². The molecular formula is C18H21NO4. The Bertz CT molecular complexity index is 659. The fourth-order valence-corrected chi connectivity index (χ4v) is 2.75. The van der Waals surface area contributed by atoms with Crippen LogP contribution in [0.2, 0.25) is 0 Å². The quantitative estimate of drug-likeness (QED) is 0.885. The Morgan fingerprint density at radius 1 is 1.22 bits per heavy atom. The van der Waals surface area contributed by atoms with Crippen LogP contribution in [0.1, 0.15) is 42.0 Å². The van der Waals surface area contributed by atoms with Gasteiger partial charge in [-0.1, -0.05) is 18.9 Å². The lowest BCUT2D eigenvalue weighted by molar-refractivity contribution is 0.0905. The first-order valence-corrected chi connectivity index (χ1v) is 7.91. The molecule has 2 aromatic rings. The number of carbonyl (C=O) groups is 1. The van der Waals surface area contributed by atoms with Gasteiger partial charge in [0.25, 0.3) is 5.91 Å². The molecule has 0 radical (unpaired) electrons. The van der Waals surface area contributed by atoms with Gasteiger partial charge in [-0.25, -0.2) is 0 Å². The van der Waals surface area contributed by atoms with E-state index in [-0.39, 0.29) is 18.6 Å². The minimum Gasteiger partial charge on any atom is -0.497 e. The molecule has 0 spiro atoms. The molecular weight excluding hydrogens is 294 g/mol. The Kier molecular flexibility index (Phi) is 4.86. The van der Waals surface area contributed by atoms with E-state index in [1.54, 1.807) is 25.3 Å². The predicted molar refractivity (Wildman–Crippen MR) is 85.8 cm³/mol. The Labute approximate surface area is 135 Å². The van der Waals surface area contributed by atoms with Gasteiger partial charge in [-0.2, -0.15) is 0 Å². The fraction of sp³-hybridized carbons (Fsp3) is 0.389. The summed E-state index contributed by atoms with van der Waals surface area (Å²) in [4.78, 5) is 12.1. The van der Waals surface area contributed by atoms with Crippen molar-refractivity contribution in [3.8, 4) is 11.5 Å². The summed E-state index contributed by atoms with van der Waals surface area (Å²) in [5, 5.41) is 3.01. The molecule has 0 bridgehead atoms. The molecule has 1 aromatic carbocycles. The van der Waals surface area contributed by atoms with Crippen LogP contribution in [0.5, 0.6) is 11.5 Å². The van der Waals surface area contributed by atoms with Crippen molar-refractivity contribution in [1.82, 2.24) is 5.32 Å². The first-order valence-electron chi connectivity index (χ1n) is 7.91. The third kappa shape index (κ3) is 4.06. The maximum atomic E-state index is 12.1. The normalized spacial score (nSPS) is 14.7. The monoisotopic (exact) mass is 315 g/mol. The SMILES string of the molecule is COc1cccc(OCc2ccc(C(=O)NC3CCCC3)o2)c1. The standard InChI is InChI=1S/C18H21NO4/c1-21-14-7-4-8-15(11-14)22-12-16-9-10-17(23-16)18(20)19-13-5-2-3-6-13/h4,7-11,13H,2-3,5-6,12H2,1H3,(H,19,20). The fourth-order valence-electron chi connectivity index (χ4n) is 2.75. The van der Waals surface area contributed by atoms with Gasteiger partial charge < -0.3 is 19.2 Å². The van der Waals surface area contributed by atoms with Crippen molar-refractivity contribution < 1.29 is 18.7 Å². The van der Waals surface area contributed by atoms with Gasteiger partial charge >= 0.3 is 0 Å². The number of rotatable bonds is 6. The van der Waals surface area contributed by atoms with Crippen molar-refractivity contribution in [3.05, 3.63) is 47.9 Å². The van der Waals surface area contributed by atoms with Crippen molar-refractivity contribution in [2.24, 2.45) is 0 Å². The number of ether oxygens (including phenoxy) is 2. The maximum absolute atomic E-state index is 12.1. The van der Waals surface area contributed by atoms with Gasteiger partial charge in [-0.05, 0) is 37.1 Å². The first-order chi connectivity index (χ1) is 11.2. The highest BCUT2D eigenvalue weighted by Crippen LogP contribution is 2.21. The molecule has 3 rings (SSSR count). The molecule has 23 heavy (non-hydrogen) atoms. The number of carbonyl (C=O) groups excluding carboxylic acids is 1. The number of nitrogens with one attached hydrogen (secondary N) is 1. The zero-order chi connectivity index (χ0) is 16.1. The van der Waals surface area contributed by atoms with E-state index in [0.717, 1.165) is 18.6 Å². The number of furan rings is 1. The molecule has 1 heterocycles. The van der Waals surface area contributed by atoms with Gasteiger partial charge in [-0.3, -0.25) is 4.79 Å². The molecule has 1 aliphatic carbocycles. The second kappa shape index (κ2) is 7.22. The summed E-state index contributed by atoms with van der Waals surface area (Å²) in [7, 11) is 1.61. The van der Waals surface area contributed by atoms with Gasteiger partial charge in [0.05, 0.1) is 7.11 Å². The van der Waals surface area contributed by atoms with E-state index in [1.165, 1.54) is 12.8 Å². The summed E-state index contributed by atoms with van der Waals surface area (Å²) in [6.07, 6.45) is 4.47. The van der Waals surface area contributed by atoms with Gasteiger partial charge in [0, 0.05) is 12.1 Å². The summed E-state index contributed by atoms with van der Waals surface area (Å²) < 4.78 is 16.4. The average Bonchev–Trinajstić information content (AvgIpc) is 3.24. The summed E-state index contributed by atoms with van der Waals surface area (Å²) >= 11 is 0. The van der Waals surface area contributed by atoms with E-state index in [4.69, 9.17) is 13.9 Å². The van der Waals surface area contributed by atoms with Crippen LogP contribution in [-0.4, -0.2) is 19.1 Å². The van der Waals surface area contributed by atoms with Crippen LogP contribution in [0, 0.1) is 0 Å². The molecule has 0 saturated heterocycles. The maximum Gasteiger partial charge on any atom is 0.287 e. The molecule has 0 unspecified atom stereocenters. The molecule has 1 aliphatic rings. The predicted octanol–water partition coefficient (Wildman–Crippen LogP) is 3.54. The van der Waals surface area contributed by atoms with Gasteiger partial charge in [0.2, 0.25) is 0 Å². The largest absolute Gasteiger partial charge is 0.497 e. The van der Waals surface area contributed by atoms with E-state index < -0.39 is 0 Å². The van der Waals surface area contributed by atoms with E-state index in [2.05, 4.69) is 5.32 Å². The zero-order valence-electron chi connectivity index (χ0n) is 13.2. The molecule has 5 heteroatoms. The van der Waals surface area contributed by atoms with Crippen LogP contribution in [-0.2, 0) is 6.61 Å². The Morgan fingerprint density at radius 3 is 2.78 bits per heavy atom. The van der Waals surface area contributed by atoms with E-state index in [1.807, 2.05) is 18.2 Å². The van der Waals surface area contributed by atoms with Gasteiger partial charge in [0.15, 0.2) is 5.76 Å². The molecule has 122 valence electrons. The topological polar surface area (TPSA) is 60.7 Å². The molecule has 1 amide bonds. The lowest BCUT2D eigenvalue weighted by atomic mass is 10.2. The highest BCUT2D eigenvalue weighted by molar-refractivity contribution is 5.91. The molecule has 0 atom stereocenters. The second-order valence-electron chi connectivity index (χ2n) is 5.69. The highest BCUT2D eigenvalue weighted by Gasteiger charge is 2.19. The van der Waals surface area contributed by atoms with Crippen LogP contribution in [0.15, 0.2) is 40.8 Å². The first kappa shape index (κ1) is 15.5. The average molecular weight is 315 g/mol. The number of amides is 1. The molecule has 1 saturated carbocycles. The van der Waals surface area contributed by atoms with Crippen molar-refractivity contribution in [1.29, 1.82) is 0 Å². The van der Waals surface area contributed by atoms with Crippen LogP contribution in [0.25, 0.3) is 0 Å². The highest BCUT2D eigenvalue weighted by atomic mass is 16.5. The molecule has 1 aromatic heterocycles. The Hall–Kier alpha value is -2.43. The van der Waals surface area contributed by atoms with Crippen LogP contribution >= 0.6 is 0 Å². The number of methoxy groups -OCH3 is 1. The zero-order valence-corrected chi connectivity index (χ0v) is 13.2. The molecule has 0 aliphatic heterocycles. The number of hydrogen-bond acceptors (Lipinski definition) is 4. The third-order valence-corrected chi connectivity index (χ3v) is 4.00. The van der Waals surface area contributed by atoms with Crippen molar-refractivity contribution >= 4 is 5.91 Å². The molecule has 1 fully saturated rings. The minimum atomic E-state index is -0.149. The van der Waals surface area contributed by atoms with Crippen molar-refractivity contribution in [3.63, 3.8) is 0 Å². The lowest BCUT2D eigenvalue weighted by Crippen LogP contribution is -2.32. The number of hydrogen-bond donors (Lipinski definition) is 1. The van der Waals surface area contributed by atoms with E-state index in [0.29, 0.717) is 17.3 Å². The smallest absolute Gasteiger partial charge is 0.287 e. The van der Waals surface area contributed by atoms with Crippen LogP contribution in [0.4, 0.5) is 0 Å². The Morgan fingerprint density at radius 2 is 2.00 bits per heavy atom. The van der Waals surface area contributed by atoms with Crippen LogP contribution in [0.3, 0.4) is 0 Å². The van der Waals surface area contributed by atoms with Crippen molar-refractivity contribution in [2.75, 3.05) is 7.11 Å². The molecule has 5 nitrogen and oxygen atoms in total. The van der Waals surface area contributed by atoms with E-state index in [9.17, 15) is 4.79 Å². The summed E-state index contributed by atoms with van der Waals surface area (Å²) in [6, 6.07) is 11.1. The summed E-state index contributed by atoms with van der Waals surface area (Å²) in [5.41, 5.74) is 0. The molecule has 1 N–H and O–H groups in total. The lowest BCUT2D eigenvalue weighted by Gasteiger charge is -2.10. The van der Waals surface area contributed by atoms with Gasteiger partial charge in [0.1, 0.15) is 23.9 Å². The Balaban J connectivity index is 1.55. The minimum absolute atomic E-state index is 0.149. The number of benzene rings is 1.